The monoisotopic (exact) mass is 411 g/mol. The molecule has 1 aliphatic heterocycles. The van der Waals surface area contributed by atoms with Crippen molar-refractivity contribution in [2.75, 3.05) is 6.61 Å². The van der Waals surface area contributed by atoms with Gasteiger partial charge in [-0.25, -0.2) is 0 Å². The van der Waals surface area contributed by atoms with Crippen LogP contribution >= 0.6 is 0 Å². The molecule has 29 heavy (non-hydrogen) atoms. The molecular weight excluding hydrogens is 366 g/mol. The Balaban J connectivity index is 1.94. The summed E-state index contributed by atoms with van der Waals surface area (Å²) in [5.74, 6) is -0.433. The van der Waals surface area contributed by atoms with Gasteiger partial charge < -0.3 is 14.8 Å². The van der Waals surface area contributed by atoms with E-state index in [4.69, 9.17) is 9.47 Å². The summed E-state index contributed by atoms with van der Waals surface area (Å²) in [6.45, 7) is 7.51. The highest BCUT2D eigenvalue weighted by Gasteiger charge is 2.57. The van der Waals surface area contributed by atoms with E-state index in [1.165, 1.54) is 84.0 Å². The van der Waals surface area contributed by atoms with E-state index in [1.54, 1.807) is 0 Å². The van der Waals surface area contributed by atoms with Crippen LogP contribution in [0.2, 0.25) is 0 Å². The third-order valence-electron chi connectivity index (χ3n) is 5.88. The fourth-order valence-corrected chi connectivity index (χ4v) is 3.79. The molecule has 1 aliphatic rings. The Morgan fingerprint density at radius 1 is 0.931 bits per heavy atom. The van der Waals surface area contributed by atoms with E-state index >= 15 is 0 Å². The first-order valence-corrected chi connectivity index (χ1v) is 12.0. The Morgan fingerprint density at radius 2 is 1.41 bits per heavy atom. The first kappa shape index (κ1) is 25.9. The molecule has 0 aliphatic carbocycles. The maximum Gasteiger partial charge on any atom is 0.302 e. The van der Waals surface area contributed by atoms with Crippen LogP contribution in [0.4, 0.5) is 0 Å². The van der Waals surface area contributed by atoms with Gasteiger partial charge in [0.15, 0.2) is 5.60 Å². The van der Waals surface area contributed by atoms with Crippen molar-refractivity contribution in [1.82, 2.24) is 5.32 Å². The number of nitrogens with one attached hydrogen (secondary N) is 1. The van der Waals surface area contributed by atoms with Crippen molar-refractivity contribution >= 4 is 11.9 Å². The minimum atomic E-state index is -0.707. The van der Waals surface area contributed by atoms with Gasteiger partial charge >= 0.3 is 5.97 Å². The van der Waals surface area contributed by atoms with E-state index in [0.29, 0.717) is 0 Å². The number of unbranched alkanes of at least 4 members (excludes halogenated alkanes) is 12. The second kappa shape index (κ2) is 14.8. The van der Waals surface area contributed by atoms with Gasteiger partial charge in [-0.1, -0.05) is 90.4 Å². The number of rotatable bonds is 18. The number of ether oxygens (including phenoxy) is 2. The van der Waals surface area contributed by atoms with Crippen LogP contribution in [0, 0.1) is 0 Å². The van der Waals surface area contributed by atoms with Crippen LogP contribution in [0.25, 0.3) is 0 Å². The molecule has 0 radical (unpaired) electrons. The van der Waals surface area contributed by atoms with Crippen molar-refractivity contribution in [1.29, 1.82) is 0 Å². The van der Waals surface area contributed by atoms with Crippen molar-refractivity contribution in [3.8, 4) is 0 Å². The minimum Gasteiger partial charge on any atom is -0.464 e. The number of hydrogen-bond acceptors (Lipinski definition) is 4. The van der Waals surface area contributed by atoms with Crippen LogP contribution < -0.4 is 5.32 Å². The van der Waals surface area contributed by atoms with Gasteiger partial charge in [0, 0.05) is 6.92 Å². The van der Waals surface area contributed by atoms with Crippen molar-refractivity contribution in [2.24, 2.45) is 0 Å². The summed E-state index contributed by atoms with van der Waals surface area (Å²) in [6.07, 6.45) is 18.4. The first-order valence-electron chi connectivity index (χ1n) is 12.0. The highest BCUT2D eigenvalue weighted by molar-refractivity contribution is 5.88. The SMILES string of the molecule is CCCCCCCCCCCCCCC[C@H]1O[C@@]1(C)C(=O)N[C@@H](C)COC(C)=O. The Kier molecular flexibility index (Phi) is 13.2. The van der Waals surface area contributed by atoms with E-state index in [1.807, 2.05) is 13.8 Å². The molecule has 1 amide bonds. The summed E-state index contributed by atoms with van der Waals surface area (Å²) in [5, 5.41) is 2.88. The fourth-order valence-electron chi connectivity index (χ4n) is 3.79. The number of amides is 1. The van der Waals surface area contributed by atoms with Crippen LogP contribution in [0.3, 0.4) is 0 Å². The van der Waals surface area contributed by atoms with Gasteiger partial charge in [0.05, 0.1) is 12.1 Å². The molecule has 170 valence electrons. The van der Waals surface area contributed by atoms with Crippen LogP contribution in [0.15, 0.2) is 0 Å². The number of epoxide rings is 1. The number of hydrogen-bond donors (Lipinski definition) is 1. The van der Waals surface area contributed by atoms with E-state index in [0.717, 1.165) is 12.8 Å². The predicted molar refractivity (Wildman–Crippen MR) is 118 cm³/mol. The van der Waals surface area contributed by atoms with Gasteiger partial charge in [-0.3, -0.25) is 9.59 Å². The molecule has 5 nitrogen and oxygen atoms in total. The Bertz CT molecular complexity index is 468. The third kappa shape index (κ3) is 11.6. The third-order valence-corrected chi connectivity index (χ3v) is 5.88. The summed E-state index contributed by atoms with van der Waals surface area (Å²) in [7, 11) is 0. The maximum absolute atomic E-state index is 12.3. The maximum atomic E-state index is 12.3. The van der Waals surface area contributed by atoms with Gasteiger partial charge in [0.25, 0.3) is 5.91 Å². The second-order valence-electron chi connectivity index (χ2n) is 8.92. The molecule has 5 heteroatoms. The molecule has 0 bridgehead atoms. The summed E-state index contributed by atoms with van der Waals surface area (Å²) in [4.78, 5) is 23.2. The van der Waals surface area contributed by atoms with Crippen molar-refractivity contribution < 1.29 is 19.1 Å². The van der Waals surface area contributed by atoms with Crippen LogP contribution in [-0.4, -0.2) is 36.2 Å². The Labute approximate surface area is 178 Å². The zero-order valence-corrected chi connectivity index (χ0v) is 19.4. The molecule has 0 spiro atoms. The van der Waals surface area contributed by atoms with Crippen LogP contribution in [0.5, 0.6) is 0 Å². The van der Waals surface area contributed by atoms with Gasteiger partial charge in [-0.05, 0) is 20.3 Å². The van der Waals surface area contributed by atoms with E-state index < -0.39 is 5.60 Å². The Morgan fingerprint density at radius 3 is 1.90 bits per heavy atom. The van der Waals surface area contributed by atoms with E-state index in [2.05, 4.69) is 12.2 Å². The van der Waals surface area contributed by atoms with Crippen molar-refractivity contribution in [2.45, 2.75) is 135 Å². The number of esters is 1. The normalized spacial score (nSPS) is 21.6. The van der Waals surface area contributed by atoms with Gasteiger partial charge in [0.2, 0.25) is 0 Å². The van der Waals surface area contributed by atoms with Gasteiger partial charge in [-0.15, -0.1) is 0 Å². The molecule has 1 N–H and O–H groups in total. The van der Waals surface area contributed by atoms with E-state index in [9.17, 15) is 9.59 Å². The zero-order valence-electron chi connectivity index (χ0n) is 19.4. The average molecular weight is 412 g/mol. The molecule has 0 saturated carbocycles. The highest BCUT2D eigenvalue weighted by Crippen LogP contribution is 2.39. The molecule has 0 aromatic carbocycles. The molecule has 1 heterocycles. The lowest BCUT2D eigenvalue weighted by atomic mass is 10.00. The number of carbonyl (C=O) groups excluding carboxylic acids is 2. The smallest absolute Gasteiger partial charge is 0.302 e. The standard InChI is InChI=1S/C24H45NO4/c1-5-6-7-8-9-10-11-12-13-14-15-16-17-18-22-24(4,29-22)23(27)25-20(2)19-28-21(3)26/h20,22H,5-19H2,1-4H3,(H,25,27)/t20-,22+,24+/m0/s1. The lowest BCUT2D eigenvalue weighted by Crippen LogP contribution is -2.44. The topological polar surface area (TPSA) is 67.9 Å². The lowest BCUT2D eigenvalue weighted by Gasteiger charge is -2.15. The van der Waals surface area contributed by atoms with Crippen molar-refractivity contribution in [3.63, 3.8) is 0 Å². The van der Waals surface area contributed by atoms with Gasteiger partial charge in [-0.2, -0.15) is 0 Å². The quantitative estimate of drug-likeness (QED) is 0.179. The van der Waals surface area contributed by atoms with Crippen LogP contribution in [-0.2, 0) is 19.1 Å². The summed E-state index contributed by atoms with van der Waals surface area (Å²) in [6, 6.07) is -0.204. The van der Waals surface area contributed by atoms with Gasteiger partial charge in [0.1, 0.15) is 6.61 Å². The summed E-state index contributed by atoms with van der Waals surface area (Å²) in [5.41, 5.74) is -0.707. The molecule has 1 rings (SSSR count). The second-order valence-corrected chi connectivity index (χ2v) is 8.92. The Hall–Kier alpha value is -1.10. The minimum absolute atomic E-state index is 0.0242. The first-order chi connectivity index (χ1) is 13.9. The predicted octanol–water partition coefficient (Wildman–Crippen LogP) is 5.69. The molecule has 0 aromatic rings. The number of carbonyl (C=O) groups is 2. The fraction of sp³-hybridized carbons (Fsp3) is 0.917. The summed E-state index contributed by atoms with van der Waals surface area (Å²) >= 11 is 0. The summed E-state index contributed by atoms with van der Waals surface area (Å²) < 4.78 is 10.6. The molecule has 0 unspecified atom stereocenters. The average Bonchev–Trinajstić information content (AvgIpc) is 3.35. The molecule has 0 aromatic heterocycles. The molecule has 1 fully saturated rings. The van der Waals surface area contributed by atoms with E-state index in [-0.39, 0.29) is 30.6 Å². The molecular formula is C24H45NO4. The van der Waals surface area contributed by atoms with Crippen LogP contribution in [0.1, 0.15) is 118 Å². The zero-order chi connectivity index (χ0) is 21.5. The largest absolute Gasteiger partial charge is 0.464 e. The highest BCUT2D eigenvalue weighted by atomic mass is 16.6. The lowest BCUT2D eigenvalue weighted by molar-refractivity contribution is -0.142. The molecule has 1 saturated heterocycles. The van der Waals surface area contributed by atoms with Crippen molar-refractivity contribution in [3.05, 3.63) is 0 Å². The molecule has 3 atom stereocenters.